The van der Waals surface area contributed by atoms with Gasteiger partial charge in [-0.1, -0.05) is 19.1 Å². The highest BCUT2D eigenvalue weighted by Gasteiger charge is 2.53. The highest BCUT2D eigenvalue weighted by Crippen LogP contribution is 2.50. The van der Waals surface area contributed by atoms with Crippen molar-refractivity contribution in [2.24, 2.45) is 0 Å². The van der Waals surface area contributed by atoms with Crippen molar-refractivity contribution in [1.82, 2.24) is 9.78 Å². The average Bonchev–Trinajstić information content (AvgIpc) is 3.51. The van der Waals surface area contributed by atoms with Gasteiger partial charge >= 0.3 is 12.3 Å². The van der Waals surface area contributed by atoms with Crippen LogP contribution in [0.5, 0.6) is 5.75 Å². The molecule has 1 unspecified atom stereocenters. The molecule has 1 amide bonds. The van der Waals surface area contributed by atoms with Crippen molar-refractivity contribution < 1.29 is 36.6 Å². The number of anilines is 1. The number of benzene rings is 2. The van der Waals surface area contributed by atoms with Crippen molar-refractivity contribution in [2.45, 2.75) is 50.9 Å². The van der Waals surface area contributed by atoms with Crippen molar-refractivity contribution in [1.29, 1.82) is 0 Å². The first-order valence-electron chi connectivity index (χ1n) is 11.6. The molecule has 11 heteroatoms. The van der Waals surface area contributed by atoms with Crippen LogP contribution in [-0.2, 0) is 14.9 Å². The number of halogens is 4. The van der Waals surface area contributed by atoms with Crippen LogP contribution in [0.4, 0.5) is 23.2 Å². The Balaban J connectivity index is 1.59. The molecule has 0 saturated heterocycles. The van der Waals surface area contributed by atoms with Crippen LogP contribution in [0, 0.1) is 5.82 Å². The molecule has 37 heavy (non-hydrogen) atoms. The quantitative estimate of drug-likeness (QED) is 0.291. The van der Waals surface area contributed by atoms with E-state index in [1.165, 1.54) is 13.2 Å². The zero-order valence-corrected chi connectivity index (χ0v) is 20.4. The lowest BCUT2D eigenvalue weighted by Crippen LogP contribution is -2.29. The Morgan fingerprint density at radius 2 is 1.92 bits per heavy atom. The zero-order chi connectivity index (χ0) is 27.0. The Morgan fingerprint density at radius 3 is 2.51 bits per heavy atom. The summed E-state index contributed by atoms with van der Waals surface area (Å²) >= 11 is 0. The summed E-state index contributed by atoms with van der Waals surface area (Å²) in [7, 11) is 1.24. The molecular formula is C26H25F4N3O4. The van der Waals surface area contributed by atoms with Crippen molar-refractivity contribution in [3.8, 4) is 16.9 Å². The van der Waals surface area contributed by atoms with Gasteiger partial charge in [-0.05, 0) is 49.9 Å². The topological polar surface area (TPSA) is 82.5 Å². The number of carbonyl (C=O) groups excluding carboxylic acids is 2. The van der Waals surface area contributed by atoms with E-state index in [1.807, 2.05) is 20.0 Å². The van der Waals surface area contributed by atoms with Crippen LogP contribution in [-0.4, -0.2) is 35.1 Å². The largest absolute Gasteiger partial charge is 0.573 e. The van der Waals surface area contributed by atoms with E-state index in [4.69, 9.17) is 4.74 Å². The molecule has 196 valence electrons. The normalized spacial score (nSPS) is 15.1. The van der Waals surface area contributed by atoms with Gasteiger partial charge < -0.3 is 14.8 Å². The van der Waals surface area contributed by atoms with Crippen LogP contribution in [0.15, 0.2) is 48.8 Å². The van der Waals surface area contributed by atoms with E-state index in [0.29, 0.717) is 30.0 Å². The molecule has 4 rings (SSSR count). The third kappa shape index (κ3) is 5.45. The van der Waals surface area contributed by atoms with Gasteiger partial charge in [0.25, 0.3) is 0 Å². The molecule has 1 heterocycles. The number of rotatable bonds is 8. The molecule has 1 aliphatic rings. The predicted octanol–water partition coefficient (Wildman–Crippen LogP) is 6.02. The highest BCUT2D eigenvalue weighted by atomic mass is 19.4. The second-order valence-electron chi connectivity index (χ2n) is 8.94. The second kappa shape index (κ2) is 9.87. The fourth-order valence-corrected chi connectivity index (χ4v) is 4.13. The summed E-state index contributed by atoms with van der Waals surface area (Å²) < 4.78 is 62.5. The number of aromatic nitrogens is 2. The van der Waals surface area contributed by atoms with Crippen molar-refractivity contribution in [3.63, 3.8) is 0 Å². The Hall–Kier alpha value is -3.89. The van der Waals surface area contributed by atoms with Crippen LogP contribution in [0.25, 0.3) is 11.1 Å². The van der Waals surface area contributed by atoms with E-state index in [-0.39, 0.29) is 22.9 Å². The molecule has 0 spiro atoms. The summed E-state index contributed by atoms with van der Waals surface area (Å²) in [6.45, 7) is 4.05. The number of carbonyl (C=O) groups is 2. The van der Waals surface area contributed by atoms with E-state index in [2.05, 4.69) is 15.2 Å². The van der Waals surface area contributed by atoms with Gasteiger partial charge in [0.2, 0.25) is 5.91 Å². The van der Waals surface area contributed by atoms with Gasteiger partial charge in [-0.3, -0.25) is 9.48 Å². The van der Waals surface area contributed by atoms with E-state index >= 15 is 0 Å². The fourth-order valence-electron chi connectivity index (χ4n) is 4.13. The number of esters is 1. The van der Waals surface area contributed by atoms with Gasteiger partial charge in [-0.2, -0.15) is 5.10 Å². The van der Waals surface area contributed by atoms with Crippen molar-refractivity contribution in [3.05, 3.63) is 65.7 Å². The Kier molecular flexibility index (Phi) is 6.98. The maximum Gasteiger partial charge on any atom is 0.573 e. The van der Waals surface area contributed by atoms with E-state index in [9.17, 15) is 27.2 Å². The summed E-state index contributed by atoms with van der Waals surface area (Å²) in [4.78, 5) is 25.7. The van der Waals surface area contributed by atoms with Gasteiger partial charge in [0, 0.05) is 35.1 Å². The molecular weight excluding hydrogens is 494 g/mol. The molecule has 1 aromatic heterocycles. The molecule has 1 atom stereocenters. The maximum absolute atomic E-state index is 14.7. The number of hydrogen-bond acceptors (Lipinski definition) is 5. The van der Waals surface area contributed by atoms with Crippen LogP contribution >= 0.6 is 0 Å². The summed E-state index contributed by atoms with van der Waals surface area (Å²) in [5, 5.41) is 7.06. The first-order valence-corrected chi connectivity index (χ1v) is 11.6. The van der Waals surface area contributed by atoms with Crippen LogP contribution in [0.2, 0.25) is 0 Å². The molecule has 7 nitrogen and oxygen atoms in total. The van der Waals surface area contributed by atoms with Crippen LogP contribution in [0.1, 0.15) is 55.1 Å². The van der Waals surface area contributed by atoms with Gasteiger partial charge in [0.05, 0.1) is 24.3 Å². The average molecular weight is 519 g/mol. The summed E-state index contributed by atoms with van der Waals surface area (Å²) in [5.74, 6) is -2.84. The third-order valence-electron chi connectivity index (χ3n) is 6.51. The van der Waals surface area contributed by atoms with Gasteiger partial charge in [0.1, 0.15) is 11.6 Å². The summed E-state index contributed by atoms with van der Waals surface area (Å²) in [6.07, 6.45) is -0.00398. The second-order valence-corrected chi connectivity index (χ2v) is 8.94. The minimum Gasteiger partial charge on any atom is -0.465 e. The number of nitrogens with one attached hydrogen (secondary N) is 1. The Bertz CT molecular complexity index is 1330. The minimum atomic E-state index is -4.96. The zero-order valence-electron chi connectivity index (χ0n) is 20.4. The number of nitrogens with zero attached hydrogens (tertiary/aromatic N) is 2. The first kappa shape index (κ1) is 26.2. The summed E-state index contributed by atoms with van der Waals surface area (Å²) in [5.41, 5.74) is 0.484. The number of amides is 1. The van der Waals surface area contributed by atoms with Crippen molar-refractivity contribution in [2.75, 3.05) is 12.4 Å². The Morgan fingerprint density at radius 1 is 1.19 bits per heavy atom. The minimum absolute atomic E-state index is 0.0261. The highest BCUT2D eigenvalue weighted by molar-refractivity contribution is 6.04. The molecule has 0 bridgehead atoms. The lowest BCUT2D eigenvalue weighted by molar-refractivity contribution is -0.274. The standard InChI is InChI=1S/C26H25F4N3O4/c1-4-15(2)33-14-16(13-31-33)19-7-5-17(11-20(19)23(34)36-3)32-24(35)25(9-10-25)21-8-6-18(12-22(21)27)37-26(28,29)30/h5-8,11-15H,4,9-10H2,1-3H3,(H,32,35). The first-order chi connectivity index (χ1) is 17.5. The van der Waals surface area contributed by atoms with Gasteiger partial charge in [0.15, 0.2) is 0 Å². The molecule has 1 saturated carbocycles. The lowest BCUT2D eigenvalue weighted by atomic mass is 9.94. The monoisotopic (exact) mass is 519 g/mol. The van der Waals surface area contributed by atoms with Crippen LogP contribution in [0.3, 0.4) is 0 Å². The molecule has 2 aromatic carbocycles. The number of hydrogen-bond donors (Lipinski definition) is 1. The molecule has 1 aliphatic carbocycles. The molecule has 1 N–H and O–H groups in total. The SMILES string of the molecule is CCC(C)n1cc(-c2ccc(NC(=O)C3(c4ccc(OC(F)(F)F)cc4F)CC3)cc2C(=O)OC)cn1. The lowest BCUT2D eigenvalue weighted by Gasteiger charge is -2.18. The smallest absolute Gasteiger partial charge is 0.465 e. The van der Waals surface area contributed by atoms with Crippen LogP contribution < -0.4 is 10.1 Å². The van der Waals surface area contributed by atoms with Gasteiger partial charge in [-0.15, -0.1) is 13.2 Å². The number of alkyl halides is 3. The van der Waals surface area contributed by atoms with E-state index < -0.39 is 35.2 Å². The fraction of sp³-hybridized carbons (Fsp3) is 0.346. The number of ether oxygens (including phenoxy) is 2. The number of methoxy groups -OCH3 is 1. The Labute approximate surface area is 210 Å². The maximum atomic E-state index is 14.7. The van der Waals surface area contributed by atoms with E-state index in [0.717, 1.165) is 18.6 Å². The molecule has 0 aliphatic heterocycles. The molecule has 3 aromatic rings. The predicted molar refractivity (Wildman–Crippen MR) is 127 cm³/mol. The summed E-state index contributed by atoms with van der Waals surface area (Å²) in [6, 6.07) is 7.60. The van der Waals surface area contributed by atoms with Gasteiger partial charge in [-0.25, -0.2) is 9.18 Å². The third-order valence-corrected chi connectivity index (χ3v) is 6.51. The molecule has 0 radical (unpaired) electrons. The van der Waals surface area contributed by atoms with Crippen molar-refractivity contribution >= 4 is 17.6 Å². The molecule has 1 fully saturated rings. The van der Waals surface area contributed by atoms with E-state index in [1.54, 1.807) is 23.0 Å².